The Morgan fingerprint density at radius 1 is 1.09 bits per heavy atom. The molecular formula is C19H20F3N. The molecular weight excluding hydrogens is 299 g/mol. The molecule has 0 fully saturated rings. The quantitative estimate of drug-likeness (QED) is 0.718. The largest absolute Gasteiger partial charge is 0.416 e. The monoisotopic (exact) mass is 319 g/mol. The Labute approximate surface area is 134 Å². The van der Waals surface area contributed by atoms with Gasteiger partial charge in [-0.1, -0.05) is 37.3 Å². The molecule has 0 amide bonds. The van der Waals surface area contributed by atoms with Crippen molar-refractivity contribution >= 4 is 5.69 Å². The van der Waals surface area contributed by atoms with Crippen LogP contribution in [-0.4, -0.2) is 7.05 Å². The Morgan fingerprint density at radius 2 is 1.78 bits per heavy atom. The van der Waals surface area contributed by atoms with Crippen LogP contribution in [0.2, 0.25) is 0 Å². The Hall–Kier alpha value is -1.97. The molecule has 0 heterocycles. The van der Waals surface area contributed by atoms with Gasteiger partial charge in [-0.3, -0.25) is 0 Å². The van der Waals surface area contributed by atoms with E-state index in [2.05, 4.69) is 19.1 Å². The lowest BCUT2D eigenvalue weighted by molar-refractivity contribution is -0.137. The lowest BCUT2D eigenvalue weighted by Gasteiger charge is -2.32. The van der Waals surface area contributed by atoms with Crippen LogP contribution in [0.25, 0.3) is 0 Å². The summed E-state index contributed by atoms with van der Waals surface area (Å²) in [6, 6.07) is 12.3. The molecule has 1 aliphatic carbocycles. The number of alkyl halides is 3. The minimum absolute atomic E-state index is 0.105. The number of hydrogen-bond donors (Lipinski definition) is 0. The van der Waals surface area contributed by atoms with Gasteiger partial charge in [-0.15, -0.1) is 0 Å². The summed E-state index contributed by atoms with van der Waals surface area (Å²) in [6.45, 7) is 4.02. The summed E-state index contributed by atoms with van der Waals surface area (Å²) < 4.78 is 39.1. The Balaban J connectivity index is 2.02. The fourth-order valence-electron chi connectivity index (χ4n) is 3.68. The third-order valence-corrected chi connectivity index (χ3v) is 4.79. The Morgan fingerprint density at radius 3 is 2.48 bits per heavy atom. The summed E-state index contributed by atoms with van der Waals surface area (Å²) >= 11 is 0. The van der Waals surface area contributed by atoms with Gasteiger partial charge in [0, 0.05) is 12.7 Å². The second-order valence-electron chi connectivity index (χ2n) is 6.43. The zero-order chi connectivity index (χ0) is 16.8. The van der Waals surface area contributed by atoms with Crippen LogP contribution in [0.4, 0.5) is 18.9 Å². The molecule has 0 aromatic heterocycles. The number of benzene rings is 2. The molecule has 2 aromatic rings. The maximum absolute atomic E-state index is 13.0. The van der Waals surface area contributed by atoms with Gasteiger partial charge in [-0.25, -0.2) is 0 Å². The fraction of sp³-hybridized carbons (Fsp3) is 0.368. The van der Waals surface area contributed by atoms with E-state index in [-0.39, 0.29) is 6.04 Å². The van der Waals surface area contributed by atoms with Crippen molar-refractivity contribution < 1.29 is 13.2 Å². The molecule has 23 heavy (non-hydrogen) atoms. The molecule has 1 nitrogen and oxygen atoms in total. The van der Waals surface area contributed by atoms with Crippen molar-refractivity contribution in [1.29, 1.82) is 0 Å². The van der Waals surface area contributed by atoms with E-state index in [1.165, 1.54) is 17.2 Å². The highest BCUT2D eigenvalue weighted by Crippen LogP contribution is 2.43. The lowest BCUT2D eigenvalue weighted by Crippen LogP contribution is -2.27. The fourth-order valence-corrected chi connectivity index (χ4v) is 3.68. The van der Waals surface area contributed by atoms with Gasteiger partial charge in [0.15, 0.2) is 0 Å². The van der Waals surface area contributed by atoms with Gasteiger partial charge in [0.1, 0.15) is 0 Å². The second-order valence-corrected chi connectivity index (χ2v) is 6.43. The first-order valence-electron chi connectivity index (χ1n) is 7.77. The van der Waals surface area contributed by atoms with Crippen molar-refractivity contribution in [3.8, 4) is 0 Å². The third-order valence-electron chi connectivity index (χ3n) is 4.79. The molecule has 2 unspecified atom stereocenters. The number of aryl methyl sites for hydroxylation is 1. The van der Waals surface area contributed by atoms with Crippen LogP contribution in [0.15, 0.2) is 42.5 Å². The van der Waals surface area contributed by atoms with Crippen LogP contribution in [0.5, 0.6) is 0 Å². The third kappa shape index (κ3) is 2.82. The smallest absolute Gasteiger partial charge is 0.367 e. The number of anilines is 1. The van der Waals surface area contributed by atoms with Gasteiger partial charge in [0.2, 0.25) is 0 Å². The van der Waals surface area contributed by atoms with E-state index < -0.39 is 11.7 Å². The molecule has 122 valence electrons. The Bertz CT molecular complexity index is 721. The number of hydrogen-bond acceptors (Lipinski definition) is 1. The predicted molar refractivity (Wildman–Crippen MR) is 86.6 cm³/mol. The standard InChI is InChI=1S/C19H20F3N/c1-12-8-9-15(19(20,21)22)11-17(12)23(3)18-13(2)10-14-6-4-5-7-16(14)18/h4-9,11,13,18H,10H2,1-3H3. The molecule has 2 atom stereocenters. The molecule has 0 saturated heterocycles. The molecule has 0 bridgehead atoms. The van der Waals surface area contributed by atoms with E-state index in [1.54, 1.807) is 6.07 Å². The maximum Gasteiger partial charge on any atom is 0.416 e. The lowest BCUT2D eigenvalue weighted by atomic mass is 9.99. The molecule has 4 heteroatoms. The van der Waals surface area contributed by atoms with Gasteiger partial charge in [0.25, 0.3) is 0 Å². The minimum Gasteiger partial charge on any atom is -0.367 e. The van der Waals surface area contributed by atoms with Gasteiger partial charge in [-0.05, 0) is 48.1 Å². The van der Waals surface area contributed by atoms with Crippen molar-refractivity contribution in [3.63, 3.8) is 0 Å². The minimum atomic E-state index is -4.32. The van der Waals surface area contributed by atoms with Gasteiger partial charge >= 0.3 is 6.18 Å². The summed E-state index contributed by atoms with van der Waals surface area (Å²) in [4.78, 5) is 2.00. The van der Waals surface area contributed by atoms with Crippen LogP contribution in [0, 0.1) is 12.8 Å². The molecule has 1 aliphatic rings. The predicted octanol–water partition coefficient (Wildman–Crippen LogP) is 5.38. The highest BCUT2D eigenvalue weighted by Gasteiger charge is 2.35. The van der Waals surface area contributed by atoms with Crippen molar-refractivity contribution in [2.75, 3.05) is 11.9 Å². The number of nitrogens with zero attached hydrogens (tertiary/aromatic N) is 1. The molecule has 0 spiro atoms. The van der Waals surface area contributed by atoms with Gasteiger partial charge in [-0.2, -0.15) is 13.2 Å². The van der Waals surface area contributed by atoms with Crippen molar-refractivity contribution in [3.05, 3.63) is 64.7 Å². The first kappa shape index (κ1) is 15.9. The van der Waals surface area contributed by atoms with Crippen LogP contribution in [-0.2, 0) is 12.6 Å². The summed E-state index contributed by atoms with van der Waals surface area (Å²) in [7, 11) is 1.89. The summed E-state index contributed by atoms with van der Waals surface area (Å²) in [5.74, 6) is 0.367. The molecule has 0 aliphatic heterocycles. The topological polar surface area (TPSA) is 3.24 Å². The average molecular weight is 319 g/mol. The normalized spacial score (nSPS) is 20.4. The van der Waals surface area contributed by atoms with Gasteiger partial charge in [0.05, 0.1) is 11.6 Å². The highest BCUT2D eigenvalue weighted by atomic mass is 19.4. The van der Waals surface area contributed by atoms with Crippen LogP contribution in [0.3, 0.4) is 0 Å². The van der Waals surface area contributed by atoms with Gasteiger partial charge < -0.3 is 4.90 Å². The summed E-state index contributed by atoms with van der Waals surface area (Å²) in [5.41, 5.74) is 3.43. The molecule has 0 radical (unpaired) electrons. The van der Waals surface area contributed by atoms with E-state index >= 15 is 0 Å². The number of fused-ring (bicyclic) bond motifs is 1. The van der Waals surface area contributed by atoms with E-state index in [0.29, 0.717) is 11.6 Å². The van der Waals surface area contributed by atoms with Crippen molar-refractivity contribution in [2.24, 2.45) is 5.92 Å². The molecule has 3 rings (SSSR count). The van der Waals surface area contributed by atoms with E-state index in [0.717, 1.165) is 18.1 Å². The van der Waals surface area contributed by atoms with Crippen LogP contribution < -0.4 is 4.90 Å². The van der Waals surface area contributed by atoms with E-state index in [9.17, 15) is 13.2 Å². The first-order chi connectivity index (χ1) is 10.8. The highest BCUT2D eigenvalue weighted by molar-refractivity contribution is 5.58. The molecule has 0 N–H and O–H groups in total. The SMILES string of the molecule is Cc1ccc(C(F)(F)F)cc1N(C)C1c2ccccc2CC1C. The molecule has 0 saturated carbocycles. The zero-order valence-electron chi connectivity index (χ0n) is 13.5. The van der Waals surface area contributed by atoms with Crippen molar-refractivity contribution in [2.45, 2.75) is 32.5 Å². The summed E-state index contributed by atoms with van der Waals surface area (Å²) in [5, 5.41) is 0. The number of halogens is 3. The van der Waals surface area contributed by atoms with E-state index in [4.69, 9.17) is 0 Å². The van der Waals surface area contributed by atoms with Crippen molar-refractivity contribution in [1.82, 2.24) is 0 Å². The van der Waals surface area contributed by atoms with Crippen LogP contribution in [0.1, 0.15) is 35.2 Å². The summed E-state index contributed by atoms with van der Waals surface area (Å²) in [6.07, 6.45) is -3.36. The average Bonchev–Trinajstić information content (AvgIpc) is 2.81. The van der Waals surface area contributed by atoms with E-state index in [1.807, 2.05) is 31.0 Å². The molecule has 2 aromatic carbocycles. The number of rotatable bonds is 2. The Kier molecular flexibility index (Phi) is 3.86. The maximum atomic E-state index is 13.0. The first-order valence-corrected chi connectivity index (χ1v) is 7.77. The van der Waals surface area contributed by atoms with Crippen LogP contribution >= 0.6 is 0 Å². The zero-order valence-corrected chi connectivity index (χ0v) is 13.5. The second kappa shape index (κ2) is 5.59.